The van der Waals surface area contributed by atoms with E-state index < -0.39 is 5.97 Å². The highest BCUT2D eigenvalue weighted by molar-refractivity contribution is 6.30. The van der Waals surface area contributed by atoms with Crippen LogP contribution in [0.3, 0.4) is 0 Å². The summed E-state index contributed by atoms with van der Waals surface area (Å²) in [5.41, 5.74) is 4.54. The Bertz CT molecular complexity index is 428. The molecule has 16 heavy (non-hydrogen) atoms. The van der Waals surface area contributed by atoms with Gasteiger partial charge >= 0.3 is 5.97 Å². The van der Waals surface area contributed by atoms with Gasteiger partial charge in [-0.2, -0.15) is 5.10 Å². The molecule has 1 unspecified atom stereocenters. The van der Waals surface area contributed by atoms with Gasteiger partial charge in [-0.15, -0.1) is 0 Å². The Hall–Kier alpha value is -1.55. The first-order chi connectivity index (χ1) is 7.66. The summed E-state index contributed by atoms with van der Waals surface area (Å²) in [7, 11) is 0. The molecule has 1 heterocycles. The monoisotopic (exact) mass is 238 g/mol. The van der Waals surface area contributed by atoms with Gasteiger partial charge in [0.2, 0.25) is 0 Å². The summed E-state index contributed by atoms with van der Waals surface area (Å²) in [5, 5.41) is 13.6. The molecule has 0 aliphatic carbocycles. The molecule has 2 N–H and O–H groups in total. The van der Waals surface area contributed by atoms with E-state index in [1.54, 1.807) is 12.1 Å². The van der Waals surface area contributed by atoms with Crippen molar-refractivity contribution in [1.29, 1.82) is 0 Å². The maximum Gasteiger partial charge on any atom is 0.304 e. The number of hydrogen-bond donors (Lipinski definition) is 2. The SMILES string of the molecule is O=C(O)CC1CNN=C1c1ccc(Cl)cc1. The maximum atomic E-state index is 10.7. The Morgan fingerprint density at radius 2 is 2.19 bits per heavy atom. The fourth-order valence-electron chi connectivity index (χ4n) is 1.73. The van der Waals surface area contributed by atoms with Crippen LogP contribution in [0.25, 0.3) is 0 Å². The normalized spacial score (nSPS) is 19.1. The molecule has 1 aliphatic rings. The molecule has 1 aromatic carbocycles. The van der Waals surface area contributed by atoms with Crippen molar-refractivity contribution in [3.05, 3.63) is 34.9 Å². The number of benzene rings is 1. The summed E-state index contributed by atoms with van der Waals surface area (Å²) >= 11 is 5.79. The van der Waals surface area contributed by atoms with Crippen molar-refractivity contribution in [2.24, 2.45) is 11.0 Å². The summed E-state index contributed by atoms with van der Waals surface area (Å²) in [6.07, 6.45) is 0.0917. The van der Waals surface area contributed by atoms with Gasteiger partial charge in [0.15, 0.2) is 0 Å². The molecule has 0 amide bonds. The third kappa shape index (κ3) is 2.33. The van der Waals surface area contributed by atoms with E-state index >= 15 is 0 Å². The van der Waals surface area contributed by atoms with Crippen LogP contribution in [0.5, 0.6) is 0 Å². The van der Waals surface area contributed by atoms with Crippen LogP contribution in [-0.4, -0.2) is 23.3 Å². The molecule has 1 aliphatic heterocycles. The molecular weight excluding hydrogens is 228 g/mol. The fourth-order valence-corrected chi connectivity index (χ4v) is 1.86. The molecule has 2 rings (SSSR count). The molecule has 5 heteroatoms. The Kier molecular flexibility index (Phi) is 3.10. The van der Waals surface area contributed by atoms with Crippen LogP contribution in [0.15, 0.2) is 29.4 Å². The van der Waals surface area contributed by atoms with E-state index in [4.69, 9.17) is 16.7 Å². The lowest BCUT2D eigenvalue weighted by molar-refractivity contribution is -0.137. The van der Waals surface area contributed by atoms with Gasteiger partial charge in [-0.25, -0.2) is 0 Å². The van der Waals surface area contributed by atoms with Crippen LogP contribution >= 0.6 is 11.6 Å². The van der Waals surface area contributed by atoms with Gasteiger partial charge in [0.25, 0.3) is 0 Å². The number of halogens is 1. The molecule has 1 aromatic rings. The lowest BCUT2D eigenvalue weighted by Crippen LogP contribution is -2.20. The lowest BCUT2D eigenvalue weighted by Gasteiger charge is -2.08. The molecule has 0 aromatic heterocycles. The third-order valence-corrected chi connectivity index (χ3v) is 2.74. The fraction of sp³-hybridized carbons (Fsp3) is 0.273. The average molecular weight is 239 g/mol. The van der Waals surface area contributed by atoms with Gasteiger partial charge in [-0.05, 0) is 17.7 Å². The first kappa shape index (κ1) is 11.0. The number of carbonyl (C=O) groups is 1. The highest BCUT2D eigenvalue weighted by atomic mass is 35.5. The zero-order valence-corrected chi connectivity index (χ0v) is 9.24. The van der Waals surface area contributed by atoms with Gasteiger partial charge in [0.1, 0.15) is 0 Å². The number of nitrogens with zero attached hydrogens (tertiary/aromatic N) is 1. The Morgan fingerprint density at radius 1 is 1.50 bits per heavy atom. The molecule has 0 fully saturated rings. The number of hydrogen-bond acceptors (Lipinski definition) is 3. The van der Waals surface area contributed by atoms with Gasteiger partial charge in [0.05, 0.1) is 12.1 Å². The van der Waals surface area contributed by atoms with Crippen molar-refractivity contribution in [1.82, 2.24) is 5.43 Å². The Labute approximate surface area is 97.9 Å². The lowest BCUT2D eigenvalue weighted by atomic mass is 9.95. The second-order valence-corrected chi connectivity index (χ2v) is 4.10. The molecule has 4 nitrogen and oxygen atoms in total. The van der Waals surface area contributed by atoms with Crippen molar-refractivity contribution in [2.75, 3.05) is 6.54 Å². The zero-order valence-electron chi connectivity index (χ0n) is 8.48. The highest BCUT2D eigenvalue weighted by Crippen LogP contribution is 2.19. The largest absolute Gasteiger partial charge is 0.481 e. The van der Waals surface area contributed by atoms with E-state index in [0.717, 1.165) is 11.3 Å². The molecular formula is C11H11ClN2O2. The van der Waals surface area contributed by atoms with Crippen LogP contribution < -0.4 is 5.43 Å². The molecule has 1 atom stereocenters. The van der Waals surface area contributed by atoms with Crippen molar-refractivity contribution >= 4 is 23.3 Å². The second kappa shape index (κ2) is 4.53. The number of nitrogens with one attached hydrogen (secondary N) is 1. The number of carboxylic acids is 1. The molecule has 0 radical (unpaired) electrons. The molecule has 84 valence electrons. The highest BCUT2D eigenvalue weighted by Gasteiger charge is 2.24. The smallest absolute Gasteiger partial charge is 0.304 e. The number of hydrazone groups is 1. The summed E-state index contributed by atoms with van der Waals surface area (Å²) in [6.45, 7) is 0.574. The Balaban J connectivity index is 2.19. The summed E-state index contributed by atoms with van der Waals surface area (Å²) in [5.74, 6) is -0.881. The number of carboxylic acid groups (broad SMARTS) is 1. The first-order valence-electron chi connectivity index (χ1n) is 4.95. The molecule has 0 saturated heterocycles. The maximum absolute atomic E-state index is 10.7. The first-order valence-corrected chi connectivity index (χ1v) is 5.33. The second-order valence-electron chi connectivity index (χ2n) is 3.66. The predicted molar refractivity (Wildman–Crippen MR) is 61.7 cm³/mol. The predicted octanol–water partition coefficient (Wildman–Crippen LogP) is 1.74. The molecule has 0 bridgehead atoms. The minimum atomic E-state index is -0.810. The third-order valence-electron chi connectivity index (χ3n) is 2.48. The van der Waals surface area contributed by atoms with Gasteiger partial charge in [-0.1, -0.05) is 23.7 Å². The Morgan fingerprint density at radius 3 is 2.81 bits per heavy atom. The average Bonchev–Trinajstić information content (AvgIpc) is 2.66. The summed E-state index contributed by atoms with van der Waals surface area (Å²) in [6, 6.07) is 7.25. The standard InChI is InChI=1S/C11H11ClN2O2/c12-9-3-1-7(2-4-9)11-8(5-10(15)16)6-13-14-11/h1-4,8,13H,5-6H2,(H,15,16). The van der Waals surface area contributed by atoms with Crippen molar-refractivity contribution in [2.45, 2.75) is 6.42 Å². The van der Waals surface area contributed by atoms with E-state index in [-0.39, 0.29) is 12.3 Å². The van der Waals surface area contributed by atoms with Crippen LogP contribution in [-0.2, 0) is 4.79 Å². The van der Waals surface area contributed by atoms with Crippen molar-refractivity contribution in [3.8, 4) is 0 Å². The van der Waals surface area contributed by atoms with Crippen LogP contribution in [0.1, 0.15) is 12.0 Å². The quantitative estimate of drug-likeness (QED) is 0.843. The van der Waals surface area contributed by atoms with Gasteiger partial charge in [0, 0.05) is 17.5 Å². The summed E-state index contributed by atoms with van der Waals surface area (Å²) < 4.78 is 0. The van der Waals surface area contributed by atoms with Crippen LogP contribution in [0, 0.1) is 5.92 Å². The van der Waals surface area contributed by atoms with E-state index in [1.165, 1.54) is 0 Å². The minimum Gasteiger partial charge on any atom is -0.481 e. The zero-order chi connectivity index (χ0) is 11.5. The van der Waals surface area contributed by atoms with E-state index in [0.29, 0.717) is 11.6 Å². The van der Waals surface area contributed by atoms with Gasteiger partial charge < -0.3 is 10.5 Å². The molecule has 0 saturated carbocycles. The van der Waals surface area contributed by atoms with Crippen LogP contribution in [0.4, 0.5) is 0 Å². The topological polar surface area (TPSA) is 61.7 Å². The van der Waals surface area contributed by atoms with Crippen LogP contribution in [0.2, 0.25) is 5.02 Å². The van der Waals surface area contributed by atoms with Crippen molar-refractivity contribution in [3.63, 3.8) is 0 Å². The van der Waals surface area contributed by atoms with Crippen molar-refractivity contribution < 1.29 is 9.90 Å². The number of rotatable bonds is 3. The van der Waals surface area contributed by atoms with E-state index in [9.17, 15) is 4.79 Å². The van der Waals surface area contributed by atoms with E-state index in [2.05, 4.69) is 10.5 Å². The van der Waals surface area contributed by atoms with E-state index in [1.807, 2.05) is 12.1 Å². The summed E-state index contributed by atoms with van der Waals surface area (Å²) in [4.78, 5) is 10.7. The molecule has 0 spiro atoms. The van der Waals surface area contributed by atoms with Gasteiger partial charge in [-0.3, -0.25) is 4.79 Å². The minimum absolute atomic E-state index is 0.0707. The number of aliphatic carboxylic acids is 1.